The summed E-state index contributed by atoms with van der Waals surface area (Å²) in [5.74, 6) is -2.08. The van der Waals surface area contributed by atoms with Crippen LogP contribution < -0.4 is 15.5 Å². The molecule has 1 aliphatic rings. The topological polar surface area (TPSA) is 105 Å². The van der Waals surface area contributed by atoms with Crippen molar-refractivity contribution in [3.8, 4) is 0 Å². The fraction of sp³-hybridized carbons (Fsp3) is 0.200. The number of esters is 1. The number of ether oxygens (including phenoxy) is 1. The molecule has 0 fully saturated rings. The number of anilines is 3. The molecule has 4 rings (SSSR count). The van der Waals surface area contributed by atoms with E-state index < -0.39 is 17.8 Å². The summed E-state index contributed by atoms with van der Waals surface area (Å²) in [6.45, 7) is 8.08. The fourth-order valence-electron chi connectivity index (χ4n) is 4.28. The minimum Gasteiger partial charge on any atom is -0.462 e. The van der Waals surface area contributed by atoms with Gasteiger partial charge in [0, 0.05) is 16.9 Å². The largest absolute Gasteiger partial charge is 0.462 e. The third-order valence-electron chi connectivity index (χ3n) is 6.16. The summed E-state index contributed by atoms with van der Waals surface area (Å²) in [5, 5.41) is 5.58. The minimum atomic E-state index is -0.690. The molecule has 0 unspecified atom stereocenters. The van der Waals surface area contributed by atoms with E-state index in [1.54, 1.807) is 24.3 Å². The van der Waals surface area contributed by atoms with Gasteiger partial charge in [0.15, 0.2) is 0 Å². The monoisotopic (exact) mass is 545 g/mol. The summed E-state index contributed by atoms with van der Waals surface area (Å²) in [7, 11) is 0. The molecular formula is C30H28ClN3O5. The summed E-state index contributed by atoms with van der Waals surface area (Å²) in [4.78, 5) is 51.7. The molecule has 0 spiro atoms. The highest BCUT2D eigenvalue weighted by Gasteiger charge is 2.39. The van der Waals surface area contributed by atoms with E-state index in [0.29, 0.717) is 29.8 Å². The molecule has 0 saturated carbocycles. The van der Waals surface area contributed by atoms with Crippen LogP contribution in [0.2, 0.25) is 0 Å². The third-order valence-corrected chi connectivity index (χ3v) is 6.51. The highest BCUT2D eigenvalue weighted by Crippen LogP contribution is 2.30. The van der Waals surface area contributed by atoms with Gasteiger partial charge in [0.05, 0.1) is 17.9 Å². The molecule has 9 heteroatoms. The van der Waals surface area contributed by atoms with Crippen molar-refractivity contribution in [3.05, 3.63) is 99.2 Å². The number of amides is 3. The van der Waals surface area contributed by atoms with Crippen LogP contribution in [0.5, 0.6) is 0 Å². The first-order valence-corrected chi connectivity index (χ1v) is 12.8. The molecule has 1 aliphatic heterocycles. The van der Waals surface area contributed by atoms with Crippen molar-refractivity contribution in [1.29, 1.82) is 0 Å². The van der Waals surface area contributed by atoms with Crippen LogP contribution in [0.15, 0.2) is 71.4 Å². The molecule has 0 atom stereocenters. The van der Waals surface area contributed by atoms with Crippen LogP contribution in [0.25, 0.3) is 0 Å². The SMILES string of the molecule is CCCOC(=O)c1ccc(N2C(=O)C(Cl)=C(Nc3ccc(C(=O)Nc4c(C)cc(C)cc4C)cc3)C2=O)cc1. The van der Waals surface area contributed by atoms with Gasteiger partial charge in [-0.05, 0) is 86.8 Å². The molecule has 0 aliphatic carbocycles. The number of rotatable bonds is 8. The zero-order chi connectivity index (χ0) is 28.3. The second-order valence-electron chi connectivity index (χ2n) is 9.25. The predicted octanol–water partition coefficient (Wildman–Crippen LogP) is 5.87. The standard InChI is InChI=1S/C30H28ClN3O5/c1-5-14-39-30(38)21-8-12-23(13-9-21)34-28(36)24(31)26(29(34)37)32-22-10-6-20(7-11-22)27(35)33-25-18(3)15-17(2)16-19(25)4/h6-13,15-16,32H,5,14H2,1-4H3,(H,33,35). The lowest BCUT2D eigenvalue weighted by Gasteiger charge is -2.16. The smallest absolute Gasteiger partial charge is 0.338 e. The Kier molecular flexibility index (Phi) is 8.16. The summed E-state index contributed by atoms with van der Waals surface area (Å²) in [6, 6.07) is 16.4. The van der Waals surface area contributed by atoms with Crippen molar-refractivity contribution in [2.75, 3.05) is 22.1 Å². The van der Waals surface area contributed by atoms with Crippen LogP contribution in [0, 0.1) is 20.8 Å². The first-order chi connectivity index (χ1) is 18.6. The summed E-state index contributed by atoms with van der Waals surface area (Å²) >= 11 is 6.24. The first-order valence-electron chi connectivity index (χ1n) is 12.4. The Bertz CT molecular complexity index is 1470. The van der Waals surface area contributed by atoms with Gasteiger partial charge in [-0.25, -0.2) is 9.69 Å². The van der Waals surface area contributed by atoms with Crippen molar-refractivity contribution in [1.82, 2.24) is 0 Å². The number of aryl methyl sites for hydroxylation is 3. The lowest BCUT2D eigenvalue weighted by molar-refractivity contribution is -0.120. The quantitative estimate of drug-likeness (QED) is 0.271. The van der Waals surface area contributed by atoms with E-state index in [1.165, 1.54) is 24.3 Å². The van der Waals surface area contributed by atoms with Crippen LogP contribution in [-0.2, 0) is 14.3 Å². The van der Waals surface area contributed by atoms with E-state index >= 15 is 0 Å². The Morgan fingerprint density at radius 3 is 2.05 bits per heavy atom. The molecule has 8 nitrogen and oxygen atoms in total. The number of hydrogen-bond donors (Lipinski definition) is 2. The molecule has 3 aromatic carbocycles. The molecule has 1 heterocycles. The Morgan fingerprint density at radius 2 is 1.46 bits per heavy atom. The van der Waals surface area contributed by atoms with Gasteiger partial charge in [0.25, 0.3) is 17.7 Å². The molecule has 39 heavy (non-hydrogen) atoms. The maximum absolute atomic E-state index is 13.1. The van der Waals surface area contributed by atoms with Crippen molar-refractivity contribution in [2.45, 2.75) is 34.1 Å². The molecule has 200 valence electrons. The number of carbonyl (C=O) groups is 4. The van der Waals surface area contributed by atoms with Crippen molar-refractivity contribution >= 4 is 52.4 Å². The average Bonchev–Trinajstić information content (AvgIpc) is 3.12. The van der Waals surface area contributed by atoms with Crippen molar-refractivity contribution in [3.63, 3.8) is 0 Å². The summed E-state index contributed by atoms with van der Waals surface area (Å²) in [6.07, 6.45) is 0.698. The van der Waals surface area contributed by atoms with Crippen molar-refractivity contribution in [2.24, 2.45) is 0 Å². The fourth-order valence-corrected chi connectivity index (χ4v) is 4.50. The van der Waals surface area contributed by atoms with Gasteiger partial charge in [-0.1, -0.05) is 36.2 Å². The second-order valence-corrected chi connectivity index (χ2v) is 9.63. The van der Waals surface area contributed by atoms with Crippen LogP contribution in [0.1, 0.15) is 50.8 Å². The second kappa shape index (κ2) is 11.5. The Morgan fingerprint density at radius 1 is 0.872 bits per heavy atom. The Hall–Kier alpha value is -4.43. The predicted molar refractivity (Wildman–Crippen MR) is 151 cm³/mol. The third kappa shape index (κ3) is 5.86. The Balaban J connectivity index is 1.45. The molecular weight excluding hydrogens is 518 g/mol. The number of nitrogens with one attached hydrogen (secondary N) is 2. The van der Waals surface area contributed by atoms with E-state index in [-0.39, 0.29) is 22.3 Å². The van der Waals surface area contributed by atoms with Gasteiger partial charge < -0.3 is 15.4 Å². The molecule has 3 aromatic rings. The lowest BCUT2D eigenvalue weighted by Crippen LogP contribution is -2.32. The number of carbonyl (C=O) groups excluding carboxylic acids is 4. The molecule has 0 bridgehead atoms. The highest BCUT2D eigenvalue weighted by molar-refractivity contribution is 6.53. The highest BCUT2D eigenvalue weighted by atomic mass is 35.5. The maximum atomic E-state index is 13.1. The van der Waals surface area contributed by atoms with Gasteiger partial charge in [0.1, 0.15) is 10.7 Å². The van der Waals surface area contributed by atoms with Gasteiger partial charge in [-0.3, -0.25) is 14.4 Å². The normalized spacial score (nSPS) is 13.1. The number of halogens is 1. The van der Waals surface area contributed by atoms with Crippen LogP contribution in [-0.4, -0.2) is 30.3 Å². The van der Waals surface area contributed by atoms with Crippen LogP contribution in [0.3, 0.4) is 0 Å². The van der Waals surface area contributed by atoms with Gasteiger partial charge in [-0.2, -0.15) is 0 Å². The molecule has 0 radical (unpaired) electrons. The van der Waals surface area contributed by atoms with E-state index in [1.807, 2.05) is 39.8 Å². The van der Waals surface area contributed by atoms with Crippen LogP contribution in [0.4, 0.5) is 17.1 Å². The van der Waals surface area contributed by atoms with Gasteiger partial charge >= 0.3 is 5.97 Å². The number of hydrogen-bond acceptors (Lipinski definition) is 6. The maximum Gasteiger partial charge on any atom is 0.338 e. The number of imide groups is 1. The van der Waals surface area contributed by atoms with E-state index in [2.05, 4.69) is 10.6 Å². The average molecular weight is 546 g/mol. The zero-order valence-corrected chi connectivity index (χ0v) is 22.8. The molecule has 3 amide bonds. The summed E-state index contributed by atoms with van der Waals surface area (Å²) < 4.78 is 5.10. The first kappa shape index (κ1) is 27.6. The number of benzene rings is 3. The lowest BCUT2D eigenvalue weighted by atomic mass is 10.0. The molecule has 2 N–H and O–H groups in total. The van der Waals surface area contributed by atoms with Gasteiger partial charge in [-0.15, -0.1) is 0 Å². The van der Waals surface area contributed by atoms with E-state index in [4.69, 9.17) is 16.3 Å². The minimum absolute atomic E-state index is 0.0868. The van der Waals surface area contributed by atoms with E-state index in [9.17, 15) is 19.2 Å². The van der Waals surface area contributed by atoms with Crippen molar-refractivity contribution < 1.29 is 23.9 Å². The molecule has 0 aromatic heterocycles. The summed E-state index contributed by atoms with van der Waals surface area (Å²) in [5.41, 5.74) is 5.21. The molecule has 0 saturated heterocycles. The van der Waals surface area contributed by atoms with Crippen LogP contribution >= 0.6 is 11.6 Å². The zero-order valence-electron chi connectivity index (χ0n) is 22.1. The van der Waals surface area contributed by atoms with E-state index in [0.717, 1.165) is 27.3 Å². The van der Waals surface area contributed by atoms with Gasteiger partial charge in [0.2, 0.25) is 0 Å². The number of nitrogens with zero attached hydrogens (tertiary/aromatic N) is 1. The Labute approximate surface area is 231 Å².